The minimum absolute atomic E-state index is 0.112. The summed E-state index contributed by atoms with van der Waals surface area (Å²) in [5.74, 6) is 0.161. The number of rotatable bonds is 9. The van der Waals surface area contributed by atoms with Gasteiger partial charge in [0, 0.05) is 19.7 Å². The molecule has 152 valence electrons. The zero-order valence-electron chi connectivity index (χ0n) is 16.1. The summed E-state index contributed by atoms with van der Waals surface area (Å²) in [6, 6.07) is 4.52. The van der Waals surface area contributed by atoms with E-state index >= 15 is 0 Å². The molecular weight excluding hydrogens is 372 g/mol. The third kappa shape index (κ3) is 6.17. The van der Waals surface area contributed by atoms with Gasteiger partial charge < -0.3 is 19.5 Å². The maximum Gasteiger partial charge on any atom is 0.243 e. The molecule has 0 spiro atoms. The highest BCUT2D eigenvalue weighted by molar-refractivity contribution is 7.89. The van der Waals surface area contributed by atoms with Crippen molar-refractivity contribution in [1.29, 1.82) is 0 Å². The van der Waals surface area contributed by atoms with Crippen LogP contribution in [0, 0.1) is 0 Å². The second kappa shape index (κ2) is 10.0. The smallest absolute Gasteiger partial charge is 0.243 e. The molecule has 2 rings (SSSR count). The maximum absolute atomic E-state index is 12.9. The fourth-order valence-corrected chi connectivity index (χ4v) is 4.02. The molecule has 27 heavy (non-hydrogen) atoms. The molecule has 0 radical (unpaired) electrons. The Morgan fingerprint density at radius 1 is 1.30 bits per heavy atom. The second-order valence-electron chi connectivity index (χ2n) is 6.34. The Bertz CT molecular complexity index is 729. The van der Waals surface area contributed by atoms with Crippen molar-refractivity contribution >= 4 is 21.6 Å². The predicted molar refractivity (Wildman–Crippen MR) is 102 cm³/mol. The third-order valence-electron chi connectivity index (χ3n) is 3.87. The van der Waals surface area contributed by atoms with Crippen LogP contribution in [0.25, 0.3) is 0 Å². The van der Waals surface area contributed by atoms with Gasteiger partial charge in [0.15, 0.2) is 0 Å². The SMILES string of the molecule is CCOCCC(=O)Nc1cc(S(=O)(=O)N2CCOCC2)ccc1OC(C)C. The Morgan fingerprint density at radius 2 is 2.00 bits per heavy atom. The van der Waals surface area contributed by atoms with Gasteiger partial charge in [-0.1, -0.05) is 0 Å². The van der Waals surface area contributed by atoms with Crippen LogP contribution >= 0.6 is 0 Å². The molecule has 0 atom stereocenters. The summed E-state index contributed by atoms with van der Waals surface area (Å²) in [5.41, 5.74) is 0.333. The molecule has 1 aromatic carbocycles. The Labute approximate surface area is 160 Å². The number of nitrogens with one attached hydrogen (secondary N) is 1. The number of benzene rings is 1. The second-order valence-corrected chi connectivity index (χ2v) is 8.27. The zero-order chi connectivity index (χ0) is 19.9. The van der Waals surface area contributed by atoms with E-state index in [9.17, 15) is 13.2 Å². The largest absolute Gasteiger partial charge is 0.489 e. The van der Waals surface area contributed by atoms with Gasteiger partial charge in [0.25, 0.3) is 0 Å². The molecule has 1 aliphatic heterocycles. The van der Waals surface area contributed by atoms with Crippen molar-refractivity contribution in [2.24, 2.45) is 0 Å². The number of nitrogens with zero attached hydrogens (tertiary/aromatic N) is 1. The Kier molecular flexibility index (Phi) is 8.03. The molecule has 0 saturated carbocycles. The van der Waals surface area contributed by atoms with Gasteiger partial charge >= 0.3 is 0 Å². The number of sulfonamides is 1. The van der Waals surface area contributed by atoms with Crippen molar-refractivity contribution in [3.63, 3.8) is 0 Å². The molecule has 9 heteroatoms. The molecule has 1 saturated heterocycles. The van der Waals surface area contributed by atoms with Crippen molar-refractivity contribution in [3.8, 4) is 5.75 Å². The van der Waals surface area contributed by atoms with Crippen LogP contribution < -0.4 is 10.1 Å². The Morgan fingerprint density at radius 3 is 2.63 bits per heavy atom. The highest BCUT2D eigenvalue weighted by Gasteiger charge is 2.27. The first-order valence-corrected chi connectivity index (χ1v) is 10.5. The van der Waals surface area contributed by atoms with E-state index in [4.69, 9.17) is 14.2 Å². The van der Waals surface area contributed by atoms with E-state index in [1.165, 1.54) is 16.4 Å². The predicted octanol–water partition coefficient (Wildman–Crippen LogP) is 1.86. The maximum atomic E-state index is 12.9. The van der Waals surface area contributed by atoms with E-state index in [1.807, 2.05) is 20.8 Å². The number of carbonyl (C=O) groups excluding carboxylic acids is 1. The van der Waals surface area contributed by atoms with Crippen LogP contribution in [0.2, 0.25) is 0 Å². The van der Waals surface area contributed by atoms with Crippen molar-refractivity contribution in [2.75, 3.05) is 44.8 Å². The summed E-state index contributed by atoms with van der Waals surface area (Å²) >= 11 is 0. The number of carbonyl (C=O) groups is 1. The van der Waals surface area contributed by atoms with Crippen LogP contribution in [0.1, 0.15) is 27.2 Å². The first-order valence-electron chi connectivity index (χ1n) is 9.10. The van der Waals surface area contributed by atoms with Gasteiger partial charge in [-0.15, -0.1) is 0 Å². The molecule has 0 bridgehead atoms. The molecule has 0 unspecified atom stereocenters. The van der Waals surface area contributed by atoms with Gasteiger partial charge in [-0.3, -0.25) is 4.79 Å². The van der Waals surface area contributed by atoms with Gasteiger partial charge in [-0.05, 0) is 39.0 Å². The lowest BCUT2D eigenvalue weighted by Gasteiger charge is -2.26. The monoisotopic (exact) mass is 400 g/mol. The highest BCUT2D eigenvalue weighted by atomic mass is 32.2. The first kappa shape index (κ1) is 21.6. The molecule has 1 aliphatic rings. The number of morpholine rings is 1. The fraction of sp³-hybridized carbons (Fsp3) is 0.611. The van der Waals surface area contributed by atoms with Gasteiger partial charge in [0.2, 0.25) is 15.9 Å². The molecule has 1 amide bonds. The van der Waals surface area contributed by atoms with Gasteiger partial charge in [0.05, 0.1) is 42.9 Å². The summed E-state index contributed by atoms with van der Waals surface area (Å²) in [7, 11) is -3.66. The lowest BCUT2D eigenvalue weighted by molar-refractivity contribution is -0.117. The number of amides is 1. The number of ether oxygens (including phenoxy) is 3. The van der Waals surface area contributed by atoms with E-state index in [0.29, 0.717) is 51.0 Å². The number of hydrogen-bond donors (Lipinski definition) is 1. The van der Waals surface area contributed by atoms with E-state index in [2.05, 4.69) is 5.32 Å². The summed E-state index contributed by atoms with van der Waals surface area (Å²) in [4.78, 5) is 12.3. The average Bonchev–Trinajstić information content (AvgIpc) is 2.63. The molecule has 1 N–H and O–H groups in total. The lowest BCUT2D eigenvalue weighted by atomic mass is 10.2. The molecule has 0 aromatic heterocycles. The van der Waals surface area contributed by atoms with Gasteiger partial charge in [-0.25, -0.2) is 8.42 Å². The van der Waals surface area contributed by atoms with Crippen LogP contribution in [0.3, 0.4) is 0 Å². The van der Waals surface area contributed by atoms with Crippen LogP contribution in [0.4, 0.5) is 5.69 Å². The van der Waals surface area contributed by atoms with E-state index in [-0.39, 0.29) is 23.3 Å². The quantitative estimate of drug-likeness (QED) is 0.636. The summed E-state index contributed by atoms with van der Waals surface area (Å²) in [6.45, 7) is 7.76. The van der Waals surface area contributed by atoms with Gasteiger partial charge in [0.1, 0.15) is 5.75 Å². The highest BCUT2D eigenvalue weighted by Crippen LogP contribution is 2.30. The number of anilines is 1. The van der Waals surface area contributed by atoms with Crippen LogP contribution in [-0.2, 0) is 24.3 Å². The van der Waals surface area contributed by atoms with Crippen molar-refractivity contribution < 1.29 is 27.4 Å². The Balaban J connectivity index is 2.25. The summed E-state index contributed by atoms with van der Waals surface area (Å²) in [5, 5.41) is 2.74. The fourth-order valence-electron chi connectivity index (χ4n) is 2.58. The minimum Gasteiger partial charge on any atom is -0.489 e. The lowest BCUT2D eigenvalue weighted by Crippen LogP contribution is -2.40. The van der Waals surface area contributed by atoms with Crippen molar-refractivity contribution in [1.82, 2.24) is 4.31 Å². The first-order chi connectivity index (χ1) is 12.8. The van der Waals surface area contributed by atoms with E-state index < -0.39 is 10.0 Å². The third-order valence-corrected chi connectivity index (χ3v) is 5.77. The normalized spacial score (nSPS) is 15.7. The molecule has 1 fully saturated rings. The zero-order valence-corrected chi connectivity index (χ0v) is 16.9. The average molecular weight is 400 g/mol. The van der Waals surface area contributed by atoms with Crippen LogP contribution in [0.5, 0.6) is 5.75 Å². The van der Waals surface area contributed by atoms with E-state index in [0.717, 1.165) is 0 Å². The topological polar surface area (TPSA) is 94.2 Å². The van der Waals surface area contributed by atoms with E-state index in [1.54, 1.807) is 6.07 Å². The van der Waals surface area contributed by atoms with Crippen LogP contribution in [-0.4, -0.2) is 64.3 Å². The van der Waals surface area contributed by atoms with Crippen molar-refractivity contribution in [2.45, 2.75) is 38.2 Å². The Hall–Kier alpha value is -1.68. The molecule has 1 aromatic rings. The van der Waals surface area contributed by atoms with Crippen molar-refractivity contribution in [3.05, 3.63) is 18.2 Å². The summed E-state index contributed by atoms with van der Waals surface area (Å²) < 4.78 is 43.2. The molecule has 1 heterocycles. The van der Waals surface area contributed by atoms with Crippen LogP contribution in [0.15, 0.2) is 23.1 Å². The summed E-state index contributed by atoms with van der Waals surface area (Å²) in [6.07, 6.45) is 0.0563. The standard InChI is InChI=1S/C18H28N2O6S/c1-4-24-10-7-18(21)19-16-13-15(5-6-17(16)26-14(2)3)27(22,23)20-8-11-25-12-9-20/h5-6,13-14H,4,7-12H2,1-3H3,(H,19,21). The molecular formula is C18H28N2O6S. The molecule has 8 nitrogen and oxygen atoms in total. The minimum atomic E-state index is -3.66. The molecule has 0 aliphatic carbocycles. The number of hydrogen-bond acceptors (Lipinski definition) is 6. The van der Waals surface area contributed by atoms with Gasteiger partial charge in [-0.2, -0.15) is 4.31 Å².